The Morgan fingerprint density at radius 1 is 1.62 bits per heavy atom. The molecule has 0 saturated carbocycles. The molecule has 0 aromatic carbocycles. The smallest absolute Gasteiger partial charge is 0.319 e. The van der Waals surface area contributed by atoms with E-state index >= 15 is 0 Å². The molecule has 0 radical (unpaired) electrons. The van der Waals surface area contributed by atoms with Crippen LogP contribution in [0.1, 0.15) is 13.8 Å². The molecule has 0 bridgehead atoms. The van der Waals surface area contributed by atoms with E-state index < -0.39 is 0 Å². The molecule has 3 amide bonds. The van der Waals surface area contributed by atoms with Crippen LogP contribution in [-0.4, -0.2) is 24.5 Å². The van der Waals surface area contributed by atoms with Crippen LogP contribution in [0.3, 0.4) is 0 Å². The van der Waals surface area contributed by atoms with Gasteiger partial charge in [0.25, 0.3) is 0 Å². The zero-order valence-electron chi connectivity index (χ0n) is 7.68. The summed E-state index contributed by atoms with van der Waals surface area (Å²) in [4.78, 5) is 21.8. The van der Waals surface area contributed by atoms with Gasteiger partial charge in [-0.15, -0.1) is 0 Å². The number of urea groups is 1. The number of carbonyl (C=O) groups excluding carboxylic acids is 2. The van der Waals surface area contributed by atoms with E-state index in [0.29, 0.717) is 12.2 Å². The minimum absolute atomic E-state index is 0.0886. The lowest BCUT2D eigenvalue weighted by Gasteiger charge is -2.09. The van der Waals surface area contributed by atoms with E-state index in [-0.39, 0.29) is 18.0 Å². The summed E-state index contributed by atoms with van der Waals surface area (Å²) in [5.74, 6) is -0.167. The Labute approximate surface area is 76.6 Å². The van der Waals surface area contributed by atoms with Crippen LogP contribution in [0.25, 0.3) is 0 Å². The largest absolute Gasteiger partial charge is 0.347 e. The third-order valence-corrected chi connectivity index (χ3v) is 1.45. The number of nitrogens with one attached hydrogen (secondary N) is 3. The summed E-state index contributed by atoms with van der Waals surface area (Å²) in [6.45, 7) is 4.13. The van der Waals surface area contributed by atoms with E-state index in [1.807, 2.05) is 13.8 Å². The third kappa shape index (κ3) is 3.14. The quantitative estimate of drug-likeness (QED) is 0.550. The molecule has 72 valence electrons. The Bertz CT molecular complexity index is 258. The van der Waals surface area contributed by atoms with Crippen molar-refractivity contribution in [2.24, 2.45) is 0 Å². The number of rotatable bonds is 2. The normalized spacial score (nSPS) is 15.3. The maximum atomic E-state index is 11.1. The van der Waals surface area contributed by atoms with Gasteiger partial charge in [0.2, 0.25) is 5.91 Å². The van der Waals surface area contributed by atoms with Crippen LogP contribution < -0.4 is 16.0 Å². The monoisotopic (exact) mass is 183 g/mol. The SMILES string of the molecule is CC(C)NC(=O)NC1=CC(=O)NC1. The molecule has 1 aliphatic rings. The molecule has 1 rings (SSSR count). The first-order chi connectivity index (χ1) is 6.08. The first-order valence-electron chi connectivity index (χ1n) is 4.14. The molecule has 0 unspecified atom stereocenters. The summed E-state index contributed by atoms with van der Waals surface area (Å²) in [7, 11) is 0. The molecular formula is C8H13N3O2. The van der Waals surface area contributed by atoms with Crippen molar-refractivity contribution >= 4 is 11.9 Å². The van der Waals surface area contributed by atoms with Crippen molar-refractivity contribution in [3.8, 4) is 0 Å². The molecule has 0 fully saturated rings. The van der Waals surface area contributed by atoms with Crippen LogP contribution in [0.5, 0.6) is 0 Å². The highest BCUT2D eigenvalue weighted by Crippen LogP contribution is 1.94. The zero-order chi connectivity index (χ0) is 9.84. The van der Waals surface area contributed by atoms with Gasteiger partial charge in [0.1, 0.15) is 0 Å². The van der Waals surface area contributed by atoms with Gasteiger partial charge in [-0.05, 0) is 13.8 Å². The van der Waals surface area contributed by atoms with Crippen LogP contribution in [0.15, 0.2) is 11.8 Å². The lowest BCUT2D eigenvalue weighted by molar-refractivity contribution is -0.115. The predicted octanol–water partition coefficient (Wildman–Crippen LogP) is -0.292. The van der Waals surface area contributed by atoms with Crippen LogP contribution in [-0.2, 0) is 4.79 Å². The second-order valence-corrected chi connectivity index (χ2v) is 3.14. The van der Waals surface area contributed by atoms with Gasteiger partial charge >= 0.3 is 6.03 Å². The lowest BCUT2D eigenvalue weighted by atomic mass is 10.4. The fourth-order valence-electron chi connectivity index (χ4n) is 0.967. The molecule has 0 saturated heterocycles. The molecule has 13 heavy (non-hydrogen) atoms. The predicted molar refractivity (Wildman–Crippen MR) is 47.9 cm³/mol. The summed E-state index contributed by atoms with van der Waals surface area (Å²) >= 11 is 0. The van der Waals surface area contributed by atoms with E-state index in [1.165, 1.54) is 6.08 Å². The van der Waals surface area contributed by atoms with Gasteiger partial charge in [-0.25, -0.2) is 4.79 Å². The zero-order valence-corrected chi connectivity index (χ0v) is 7.68. The Morgan fingerprint density at radius 2 is 2.31 bits per heavy atom. The van der Waals surface area contributed by atoms with E-state index in [0.717, 1.165) is 0 Å². The Kier molecular flexibility index (Phi) is 2.89. The number of hydrogen-bond acceptors (Lipinski definition) is 2. The van der Waals surface area contributed by atoms with Crippen molar-refractivity contribution < 1.29 is 9.59 Å². The Morgan fingerprint density at radius 3 is 2.77 bits per heavy atom. The molecule has 0 aliphatic carbocycles. The minimum Gasteiger partial charge on any atom is -0.347 e. The van der Waals surface area contributed by atoms with Crippen molar-refractivity contribution in [2.45, 2.75) is 19.9 Å². The summed E-state index contributed by atoms with van der Waals surface area (Å²) in [6, 6.07) is -0.191. The summed E-state index contributed by atoms with van der Waals surface area (Å²) < 4.78 is 0. The van der Waals surface area contributed by atoms with Crippen molar-refractivity contribution in [2.75, 3.05) is 6.54 Å². The Hall–Kier alpha value is -1.52. The maximum Gasteiger partial charge on any atom is 0.319 e. The topological polar surface area (TPSA) is 70.2 Å². The first-order valence-corrected chi connectivity index (χ1v) is 4.14. The molecule has 3 N–H and O–H groups in total. The molecule has 1 heterocycles. The van der Waals surface area contributed by atoms with Crippen LogP contribution in [0.2, 0.25) is 0 Å². The molecule has 0 spiro atoms. The average Bonchev–Trinajstić information content (AvgIpc) is 2.33. The van der Waals surface area contributed by atoms with E-state index in [9.17, 15) is 9.59 Å². The highest BCUT2D eigenvalue weighted by Gasteiger charge is 2.12. The summed E-state index contributed by atoms with van der Waals surface area (Å²) in [6.07, 6.45) is 1.37. The maximum absolute atomic E-state index is 11.1. The van der Waals surface area contributed by atoms with Crippen LogP contribution >= 0.6 is 0 Å². The molecule has 0 aromatic heterocycles. The van der Waals surface area contributed by atoms with Crippen molar-refractivity contribution in [3.63, 3.8) is 0 Å². The Balaban J connectivity index is 2.37. The first kappa shape index (κ1) is 9.57. The third-order valence-electron chi connectivity index (χ3n) is 1.45. The van der Waals surface area contributed by atoms with Gasteiger partial charge in [0, 0.05) is 17.8 Å². The summed E-state index contributed by atoms with van der Waals surface area (Å²) in [5, 5.41) is 7.78. The minimum atomic E-state index is -0.280. The fourth-order valence-corrected chi connectivity index (χ4v) is 0.967. The van der Waals surface area contributed by atoms with Crippen molar-refractivity contribution in [1.29, 1.82) is 0 Å². The molecular weight excluding hydrogens is 170 g/mol. The van der Waals surface area contributed by atoms with E-state index in [2.05, 4.69) is 16.0 Å². The molecule has 5 heteroatoms. The van der Waals surface area contributed by atoms with E-state index in [1.54, 1.807) is 0 Å². The molecule has 0 aromatic rings. The fraction of sp³-hybridized carbons (Fsp3) is 0.500. The standard InChI is InChI=1S/C8H13N3O2/c1-5(2)10-8(13)11-6-3-7(12)9-4-6/h3,5H,4H2,1-2H3,(H,9,12)(H2,10,11,13). The lowest BCUT2D eigenvalue weighted by Crippen LogP contribution is -2.39. The van der Waals surface area contributed by atoms with Gasteiger partial charge in [0.15, 0.2) is 0 Å². The highest BCUT2D eigenvalue weighted by molar-refractivity contribution is 5.92. The number of hydrogen-bond donors (Lipinski definition) is 3. The van der Waals surface area contributed by atoms with Gasteiger partial charge in [-0.2, -0.15) is 0 Å². The van der Waals surface area contributed by atoms with Gasteiger partial charge in [-0.1, -0.05) is 0 Å². The van der Waals surface area contributed by atoms with Gasteiger partial charge < -0.3 is 16.0 Å². The second kappa shape index (κ2) is 3.93. The van der Waals surface area contributed by atoms with Crippen LogP contribution in [0, 0.1) is 0 Å². The van der Waals surface area contributed by atoms with Gasteiger partial charge in [-0.3, -0.25) is 4.79 Å². The van der Waals surface area contributed by atoms with Crippen LogP contribution in [0.4, 0.5) is 4.79 Å². The molecule has 5 nitrogen and oxygen atoms in total. The molecule has 0 atom stereocenters. The average molecular weight is 183 g/mol. The number of carbonyl (C=O) groups is 2. The van der Waals surface area contributed by atoms with Crippen molar-refractivity contribution in [1.82, 2.24) is 16.0 Å². The second-order valence-electron chi connectivity index (χ2n) is 3.14. The number of amides is 3. The van der Waals surface area contributed by atoms with Gasteiger partial charge in [0.05, 0.1) is 6.54 Å². The van der Waals surface area contributed by atoms with E-state index in [4.69, 9.17) is 0 Å². The molecule has 1 aliphatic heterocycles. The van der Waals surface area contributed by atoms with Crippen molar-refractivity contribution in [3.05, 3.63) is 11.8 Å². The summed E-state index contributed by atoms with van der Waals surface area (Å²) in [5.41, 5.74) is 0.600. The highest BCUT2D eigenvalue weighted by atomic mass is 16.2.